The average molecular weight is 801 g/mol. The summed E-state index contributed by atoms with van der Waals surface area (Å²) in [6.45, 7) is 19.9. The van der Waals surface area contributed by atoms with E-state index >= 15 is 0 Å². The van der Waals surface area contributed by atoms with Crippen LogP contribution in [0.2, 0.25) is 15.2 Å². The van der Waals surface area contributed by atoms with Crippen molar-refractivity contribution in [3.8, 4) is 5.69 Å². The molecule has 1 saturated heterocycles. The van der Waals surface area contributed by atoms with E-state index in [0.29, 0.717) is 42.2 Å². The quantitative estimate of drug-likeness (QED) is 0.115. The molecule has 1 aliphatic rings. The fourth-order valence-corrected chi connectivity index (χ4v) is 12.5. The molecule has 1 atom stereocenters. The smallest absolute Gasteiger partial charge is 0.410 e. The zero-order valence-electron chi connectivity index (χ0n) is 33.2. The molecule has 55 heavy (non-hydrogen) atoms. The summed E-state index contributed by atoms with van der Waals surface area (Å²) in [6, 6.07) is 28.6. The molecule has 290 valence electrons. The molecular formula is C43H51Cl2N5O4Si. The van der Waals surface area contributed by atoms with Crippen LogP contribution in [0.1, 0.15) is 79.4 Å². The highest BCUT2D eigenvalue weighted by Crippen LogP contribution is 2.39. The van der Waals surface area contributed by atoms with Crippen LogP contribution < -0.4 is 21.0 Å². The Labute approximate surface area is 335 Å². The number of rotatable bonds is 8. The van der Waals surface area contributed by atoms with Crippen molar-refractivity contribution in [1.82, 2.24) is 19.4 Å². The topological polar surface area (TPSA) is 89.8 Å². The van der Waals surface area contributed by atoms with E-state index in [1.807, 2.05) is 62.9 Å². The van der Waals surface area contributed by atoms with Gasteiger partial charge in [-0.25, -0.2) is 19.1 Å². The van der Waals surface area contributed by atoms with Gasteiger partial charge >= 0.3 is 11.8 Å². The Hall–Kier alpha value is -4.22. The van der Waals surface area contributed by atoms with E-state index in [-0.39, 0.29) is 39.9 Å². The summed E-state index contributed by atoms with van der Waals surface area (Å²) in [5.41, 5.74) is 1.65. The standard InChI is InChI=1S/C43H51Cl2N5O4Si/c1-28(2)33-22-16-17-30(27-53-55(43(7,8)9,31-18-12-10-13-19-31)32-20-14-11-15-21-32)36(33)50-39-34(25-35(44)37(45)46-39)38(47-40(50)51)49-24-23-48(26-29(49)3)41(52)54-42(4,5)6/h10-22,25,28-29H,23-24,26-27H2,1-9H3/t29-/m0/s1. The molecule has 6 rings (SSSR count). The van der Waals surface area contributed by atoms with Crippen molar-refractivity contribution < 1.29 is 14.0 Å². The molecule has 0 spiro atoms. The van der Waals surface area contributed by atoms with Gasteiger partial charge in [-0.2, -0.15) is 4.98 Å². The minimum absolute atomic E-state index is 0.0353. The van der Waals surface area contributed by atoms with Crippen LogP contribution in [0.5, 0.6) is 0 Å². The second kappa shape index (κ2) is 15.7. The molecule has 1 fully saturated rings. The summed E-state index contributed by atoms with van der Waals surface area (Å²) in [4.78, 5) is 40.9. The van der Waals surface area contributed by atoms with Crippen LogP contribution >= 0.6 is 23.2 Å². The van der Waals surface area contributed by atoms with Crippen molar-refractivity contribution in [1.29, 1.82) is 0 Å². The summed E-state index contributed by atoms with van der Waals surface area (Å²) < 4.78 is 14.6. The maximum absolute atomic E-state index is 14.7. The number of carbonyl (C=O) groups is 1. The normalized spacial score (nSPS) is 15.5. The number of para-hydroxylation sites is 1. The number of anilines is 1. The van der Waals surface area contributed by atoms with Crippen LogP contribution in [0.4, 0.5) is 10.6 Å². The number of nitrogens with zero attached hydrogens (tertiary/aromatic N) is 5. The first-order valence-corrected chi connectivity index (χ1v) is 21.5. The Morgan fingerprint density at radius 2 is 1.51 bits per heavy atom. The van der Waals surface area contributed by atoms with Gasteiger partial charge in [0, 0.05) is 31.2 Å². The number of ether oxygens (including phenoxy) is 1. The van der Waals surface area contributed by atoms with E-state index < -0.39 is 19.6 Å². The number of halogens is 2. The van der Waals surface area contributed by atoms with Crippen molar-refractivity contribution in [3.05, 3.63) is 117 Å². The van der Waals surface area contributed by atoms with Gasteiger partial charge in [0.1, 0.15) is 16.6 Å². The second-order valence-corrected chi connectivity index (χ2v) is 21.7. The molecule has 0 aliphatic carbocycles. The molecule has 0 unspecified atom stereocenters. The number of aromatic nitrogens is 3. The van der Waals surface area contributed by atoms with Crippen LogP contribution in [0.15, 0.2) is 89.7 Å². The van der Waals surface area contributed by atoms with Gasteiger partial charge < -0.3 is 19.0 Å². The Balaban J connectivity index is 1.50. The van der Waals surface area contributed by atoms with E-state index in [0.717, 1.165) is 21.5 Å². The summed E-state index contributed by atoms with van der Waals surface area (Å²) in [5, 5.41) is 2.96. The molecule has 0 N–H and O–H groups in total. The zero-order valence-corrected chi connectivity index (χ0v) is 35.7. The number of hydrogen-bond acceptors (Lipinski definition) is 7. The van der Waals surface area contributed by atoms with Crippen molar-refractivity contribution in [3.63, 3.8) is 0 Å². The molecule has 3 heterocycles. The predicted octanol–water partition coefficient (Wildman–Crippen LogP) is 8.73. The van der Waals surface area contributed by atoms with Crippen LogP contribution in [0.3, 0.4) is 0 Å². The first kappa shape index (κ1) is 40.4. The molecule has 9 nitrogen and oxygen atoms in total. The van der Waals surface area contributed by atoms with Gasteiger partial charge in [0.15, 0.2) is 5.65 Å². The molecule has 1 amide bonds. The van der Waals surface area contributed by atoms with Gasteiger partial charge in [-0.15, -0.1) is 0 Å². The molecule has 0 bridgehead atoms. The first-order valence-electron chi connectivity index (χ1n) is 18.8. The SMILES string of the molecule is CC(C)c1cccc(CO[Si](c2ccccc2)(c2ccccc2)C(C)(C)C)c1-n1c(=O)nc(N2CCN(C(=O)OC(C)(C)C)C[C@@H]2C)c2cc(Cl)c(Cl)nc21. The lowest BCUT2D eigenvalue weighted by molar-refractivity contribution is 0.0218. The molecule has 5 aromatic rings. The summed E-state index contributed by atoms with van der Waals surface area (Å²) in [5.74, 6) is 0.471. The number of benzene rings is 3. The van der Waals surface area contributed by atoms with Crippen molar-refractivity contribution in [2.45, 2.75) is 91.5 Å². The fourth-order valence-electron chi connectivity index (χ4n) is 7.68. The number of fused-ring (bicyclic) bond motifs is 1. The summed E-state index contributed by atoms with van der Waals surface area (Å²) in [6.07, 6.45) is -0.373. The van der Waals surface area contributed by atoms with Crippen LogP contribution in [0.25, 0.3) is 16.7 Å². The summed E-state index contributed by atoms with van der Waals surface area (Å²) in [7, 11) is -2.95. The van der Waals surface area contributed by atoms with Crippen LogP contribution in [0, 0.1) is 0 Å². The highest BCUT2D eigenvalue weighted by atomic mass is 35.5. The van der Waals surface area contributed by atoms with Crippen molar-refractivity contribution >= 4 is 64.8 Å². The van der Waals surface area contributed by atoms with Crippen LogP contribution in [-0.4, -0.2) is 65.1 Å². The van der Waals surface area contributed by atoms with Gasteiger partial charge in [-0.3, -0.25) is 0 Å². The van der Waals surface area contributed by atoms with Gasteiger partial charge in [-0.05, 0) is 60.7 Å². The summed E-state index contributed by atoms with van der Waals surface area (Å²) >= 11 is 13.3. The van der Waals surface area contributed by atoms with E-state index in [1.165, 1.54) is 0 Å². The first-order chi connectivity index (χ1) is 25.9. The molecule has 2 aromatic heterocycles. The molecule has 0 saturated carbocycles. The lowest BCUT2D eigenvalue weighted by atomic mass is 9.97. The largest absolute Gasteiger partial charge is 0.444 e. The average Bonchev–Trinajstić information content (AvgIpc) is 3.12. The lowest BCUT2D eigenvalue weighted by Crippen LogP contribution is -2.66. The van der Waals surface area contributed by atoms with Gasteiger partial charge in [0.2, 0.25) is 0 Å². The third kappa shape index (κ3) is 8.05. The highest BCUT2D eigenvalue weighted by Gasteiger charge is 2.50. The molecule has 1 aliphatic heterocycles. The van der Waals surface area contributed by atoms with Gasteiger partial charge in [0.25, 0.3) is 8.32 Å². The Morgan fingerprint density at radius 1 is 0.891 bits per heavy atom. The van der Waals surface area contributed by atoms with E-state index in [2.05, 4.69) is 83.1 Å². The minimum atomic E-state index is -2.95. The Bertz CT molecular complexity index is 2200. The fraction of sp³-hybridized carbons (Fsp3) is 0.395. The third-order valence-electron chi connectivity index (χ3n) is 10.2. The minimum Gasteiger partial charge on any atom is -0.444 e. The number of carbonyl (C=O) groups excluding carboxylic acids is 1. The molecule has 12 heteroatoms. The lowest BCUT2D eigenvalue weighted by Gasteiger charge is -2.43. The Kier molecular flexibility index (Phi) is 11.6. The third-order valence-corrected chi connectivity index (χ3v) is 15.8. The van der Waals surface area contributed by atoms with Gasteiger partial charge in [-0.1, -0.05) is 137 Å². The predicted molar refractivity (Wildman–Crippen MR) is 226 cm³/mol. The van der Waals surface area contributed by atoms with Crippen LogP contribution in [-0.2, 0) is 15.8 Å². The number of pyridine rings is 1. The van der Waals surface area contributed by atoms with Gasteiger partial charge in [0.05, 0.1) is 22.7 Å². The van der Waals surface area contributed by atoms with E-state index in [4.69, 9.17) is 42.3 Å². The molecular weight excluding hydrogens is 749 g/mol. The Morgan fingerprint density at radius 3 is 2.05 bits per heavy atom. The molecule has 0 radical (unpaired) electrons. The number of amides is 1. The second-order valence-electron chi connectivity index (χ2n) is 16.6. The monoisotopic (exact) mass is 799 g/mol. The van der Waals surface area contributed by atoms with Crippen molar-refractivity contribution in [2.75, 3.05) is 24.5 Å². The highest BCUT2D eigenvalue weighted by molar-refractivity contribution is 6.99. The zero-order chi connectivity index (χ0) is 39.9. The maximum atomic E-state index is 14.7. The van der Waals surface area contributed by atoms with E-state index in [1.54, 1.807) is 15.5 Å². The van der Waals surface area contributed by atoms with E-state index in [9.17, 15) is 9.59 Å². The molecule has 3 aromatic carbocycles. The number of hydrogen-bond donors (Lipinski definition) is 0. The maximum Gasteiger partial charge on any atom is 0.410 e. The number of piperazine rings is 1. The van der Waals surface area contributed by atoms with Crippen molar-refractivity contribution in [2.24, 2.45) is 0 Å².